The Morgan fingerprint density at radius 2 is 1.86 bits per heavy atom. The zero-order chi connectivity index (χ0) is 29.6. The van der Waals surface area contributed by atoms with Gasteiger partial charge in [-0.25, -0.2) is 16.8 Å². The lowest BCUT2D eigenvalue weighted by Gasteiger charge is -2.39. The molecule has 0 atom stereocenters. The number of ether oxygens (including phenoxy) is 1. The molecule has 2 aromatic heterocycles. The lowest BCUT2D eigenvalue weighted by Crippen LogP contribution is -2.50. The standard InChI is InChI=1S/C32H26FN3O4S2/c1-3-20-7-10-25(11-8-20)42(38,39)36-28-12-9-23(33)16-27(28)30(26-13-14-41-29(26)17-34)31(36)21-5-4-6-24(15-21)35-18-22(19-35)32(37)40-2/h4-16,22H,3,18-19H2,1-2H3. The summed E-state index contributed by atoms with van der Waals surface area (Å²) >= 11 is 1.24. The van der Waals surface area contributed by atoms with Crippen LogP contribution in [0.4, 0.5) is 10.1 Å². The number of methoxy groups -OCH3 is 1. The smallest absolute Gasteiger partial charge is 0.312 e. The Morgan fingerprint density at radius 1 is 1.10 bits per heavy atom. The fourth-order valence-corrected chi connectivity index (χ4v) is 7.71. The Labute approximate surface area is 247 Å². The number of thiophene rings is 1. The van der Waals surface area contributed by atoms with Gasteiger partial charge in [-0.05, 0) is 65.9 Å². The monoisotopic (exact) mass is 599 g/mol. The van der Waals surface area contributed by atoms with Gasteiger partial charge >= 0.3 is 5.97 Å². The number of carbonyl (C=O) groups excluding carboxylic acids is 1. The summed E-state index contributed by atoms with van der Waals surface area (Å²) in [6, 6.07) is 22.1. The number of aromatic nitrogens is 1. The largest absolute Gasteiger partial charge is 0.469 e. The van der Waals surface area contributed by atoms with Crippen molar-refractivity contribution >= 4 is 43.9 Å². The van der Waals surface area contributed by atoms with Gasteiger partial charge in [-0.3, -0.25) is 4.79 Å². The van der Waals surface area contributed by atoms with Crippen LogP contribution >= 0.6 is 11.3 Å². The Morgan fingerprint density at radius 3 is 2.55 bits per heavy atom. The number of rotatable bonds is 7. The molecule has 6 rings (SSSR count). The number of esters is 1. The molecule has 1 aliphatic heterocycles. The molecule has 0 spiro atoms. The van der Waals surface area contributed by atoms with Gasteiger partial charge in [0.25, 0.3) is 10.0 Å². The maximum atomic E-state index is 14.8. The normalized spacial score (nSPS) is 13.6. The van der Waals surface area contributed by atoms with Crippen molar-refractivity contribution in [1.82, 2.24) is 3.97 Å². The number of hydrogen-bond donors (Lipinski definition) is 0. The topological polar surface area (TPSA) is 92.4 Å². The summed E-state index contributed by atoms with van der Waals surface area (Å²) in [5.41, 5.74) is 4.00. The minimum atomic E-state index is -4.18. The average Bonchev–Trinajstić information content (AvgIpc) is 3.58. The fourth-order valence-electron chi connectivity index (χ4n) is 5.47. The number of halogens is 1. The number of hydrogen-bond acceptors (Lipinski definition) is 7. The van der Waals surface area contributed by atoms with Crippen LogP contribution in [0.2, 0.25) is 0 Å². The van der Waals surface area contributed by atoms with Crippen LogP contribution in [0.1, 0.15) is 17.4 Å². The lowest BCUT2D eigenvalue weighted by molar-refractivity contribution is -0.146. The van der Waals surface area contributed by atoms with Gasteiger partial charge in [0.2, 0.25) is 0 Å². The first-order valence-electron chi connectivity index (χ1n) is 13.4. The highest BCUT2D eigenvalue weighted by molar-refractivity contribution is 7.90. The molecule has 10 heteroatoms. The van der Waals surface area contributed by atoms with Gasteiger partial charge < -0.3 is 9.64 Å². The van der Waals surface area contributed by atoms with E-state index in [1.807, 2.05) is 30.0 Å². The number of aryl methyl sites for hydroxylation is 1. The van der Waals surface area contributed by atoms with Gasteiger partial charge in [-0.1, -0.05) is 31.2 Å². The molecule has 1 saturated heterocycles. The third-order valence-electron chi connectivity index (χ3n) is 7.69. The second kappa shape index (κ2) is 10.7. The molecular weight excluding hydrogens is 574 g/mol. The predicted molar refractivity (Wildman–Crippen MR) is 161 cm³/mol. The fraction of sp³-hybridized carbons (Fsp3) is 0.188. The second-order valence-electron chi connectivity index (χ2n) is 10.1. The zero-order valence-electron chi connectivity index (χ0n) is 22.9. The molecule has 0 aliphatic carbocycles. The van der Waals surface area contributed by atoms with Crippen molar-refractivity contribution in [3.63, 3.8) is 0 Å². The first-order valence-corrected chi connectivity index (χ1v) is 15.7. The van der Waals surface area contributed by atoms with Gasteiger partial charge in [0.15, 0.2) is 0 Å². The summed E-state index contributed by atoms with van der Waals surface area (Å²) in [5, 5.41) is 12.1. The quantitative estimate of drug-likeness (QED) is 0.200. The van der Waals surface area contributed by atoms with E-state index in [9.17, 15) is 22.9 Å². The Kier molecular flexibility index (Phi) is 7.09. The molecule has 1 fully saturated rings. The van der Waals surface area contributed by atoms with Crippen molar-refractivity contribution in [3.8, 4) is 28.5 Å². The van der Waals surface area contributed by atoms with Crippen molar-refractivity contribution in [3.05, 3.63) is 94.4 Å². The molecule has 0 radical (unpaired) electrons. The Bertz CT molecular complexity index is 1980. The lowest BCUT2D eigenvalue weighted by atomic mass is 9.96. The SMILES string of the molecule is CCc1ccc(S(=O)(=O)n2c(-c3cccc(N4CC(C(=O)OC)C4)c3)c(-c3ccsc3C#N)c3cc(F)ccc32)cc1. The average molecular weight is 600 g/mol. The van der Waals surface area contributed by atoms with Gasteiger partial charge in [0, 0.05) is 40.9 Å². The molecule has 5 aromatic rings. The molecule has 0 unspecified atom stereocenters. The van der Waals surface area contributed by atoms with E-state index in [2.05, 4.69) is 6.07 Å². The molecule has 0 saturated carbocycles. The van der Waals surface area contributed by atoms with E-state index in [-0.39, 0.29) is 16.8 Å². The summed E-state index contributed by atoms with van der Waals surface area (Å²) in [6.07, 6.45) is 0.761. The summed E-state index contributed by atoms with van der Waals surface area (Å²) in [6.45, 7) is 2.94. The molecule has 0 bridgehead atoms. The van der Waals surface area contributed by atoms with Crippen LogP contribution in [0.15, 0.2) is 83.1 Å². The molecule has 42 heavy (non-hydrogen) atoms. The van der Waals surface area contributed by atoms with Crippen molar-refractivity contribution in [2.24, 2.45) is 5.92 Å². The van der Waals surface area contributed by atoms with Crippen LogP contribution in [-0.4, -0.2) is 38.6 Å². The van der Waals surface area contributed by atoms with Crippen molar-refractivity contribution < 1.29 is 22.3 Å². The van der Waals surface area contributed by atoms with E-state index in [1.54, 1.807) is 41.8 Å². The summed E-state index contributed by atoms with van der Waals surface area (Å²) < 4.78 is 49.8. The van der Waals surface area contributed by atoms with Gasteiger partial charge in [0.1, 0.15) is 16.8 Å². The Balaban J connectivity index is 1.63. The van der Waals surface area contributed by atoms with E-state index in [1.165, 1.54) is 40.6 Å². The third kappa shape index (κ3) is 4.55. The highest BCUT2D eigenvalue weighted by atomic mass is 32.2. The first-order chi connectivity index (χ1) is 20.3. The highest BCUT2D eigenvalue weighted by Crippen LogP contribution is 2.46. The molecule has 3 aromatic carbocycles. The molecule has 7 nitrogen and oxygen atoms in total. The van der Waals surface area contributed by atoms with Crippen LogP contribution in [0.3, 0.4) is 0 Å². The van der Waals surface area contributed by atoms with E-state index in [0.717, 1.165) is 17.7 Å². The van der Waals surface area contributed by atoms with E-state index >= 15 is 0 Å². The number of anilines is 1. The van der Waals surface area contributed by atoms with Crippen molar-refractivity contribution in [2.75, 3.05) is 25.1 Å². The second-order valence-corrected chi connectivity index (χ2v) is 12.8. The molecule has 1 aliphatic rings. The minimum Gasteiger partial charge on any atom is -0.469 e. The van der Waals surface area contributed by atoms with Crippen LogP contribution in [0, 0.1) is 23.1 Å². The maximum absolute atomic E-state index is 14.8. The molecule has 3 heterocycles. The first kappa shape index (κ1) is 27.7. The van der Waals surface area contributed by atoms with E-state index in [4.69, 9.17) is 4.74 Å². The molecule has 0 N–H and O–H groups in total. The number of nitrogens with zero attached hydrogens (tertiary/aromatic N) is 3. The summed E-state index contributed by atoms with van der Waals surface area (Å²) in [5.74, 6) is -1.03. The number of carbonyl (C=O) groups is 1. The van der Waals surface area contributed by atoms with Crippen molar-refractivity contribution in [2.45, 2.75) is 18.2 Å². The van der Waals surface area contributed by atoms with Gasteiger partial charge in [-0.2, -0.15) is 5.26 Å². The van der Waals surface area contributed by atoms with E-state index < -0.39 is 15.8 Å². The molecule has 212 valence electrons. The number of benzene rings is 3. The summed E-state index contributed by atoms with van der Waals surface area (Å²) in [4.78, 5) is 14.5. The van der Waals surface area contributed by atoms with Crippen LogP contribution in [0.5, 0.6) is 0 Å². The zero-order valence-corrected chi connectivity index (χ0v) is 24.5. The van der Waals surface area contributed by atoms with Crippen molar-refractivity contribution in [1.29, 1.82) is 5.26 Å². The van der Waals surface area contributed by atoms with Crippen LogP contribution < -0.4 is 4.90 Å². The summed E-state index contributed by atoms with van der Waals surface area (Å²) in [7, 11) is -2.81. The van der Waals surface area contributed by atoms with Crippen LogP contribution in [-0.2, 0) is 26.0 Å². The number of fused-ring (bicyclic) bond motifs is 1. The van der Waals surface area contributed by atoms with Gasteiger partial charge in [0.05, 0.1) is 29.1 Å². The minimum absolute atomic E-state index is 0.0966. The predicted octanol–water partition coefficient (Wildman–Crippen LogP) is 6.46. The molecular formula is C32H26FN3O4S2. The molecule has 0 amide bonds. The maximum Gasteiger partial charge on any atom is 0.312 e. The van der Waals surface area contributed by atoms with E-state index in [0.29, 0.717) is 51.3 Å². The Hall–Kier alpha value is -4.46. The number of nitriles is 1. The third-order valence-corrected chi connectivity index (χ3v) is 10.2. The van der Waals surface area contributed by atoms with Crippen LogP contribution in [0.25, 0.3) is 33.3 Å². The van der Waals surface area contributed by atoms with Gasteiger partial charge in [-0.15, -0.1) is 11.3 Å². The highest BCUT2D eigenvalue weighted by Gasteiger charge is 2.35.